The van der Waals surface area contributed by atoms with Gasteiger partial charge in [0.2, 0.25) is 0 Å². The van der Waals surface area contributed by atoms with Crippen LogP contribution in [0.15, 0.2) is 48.5 Å². The van der Waals surface area contributed by atoms with Crippen molar-refractivity contribution in [3.8, 4) is 11.5 Å². The standard InChI is InChI=1S/C24H32N2O3/c1-17-12-14-26(15-13-17)21-10-8-20(9-11-21)18(2)25-24(27)19(3)29-23-7-5-6-22(16-23)28-4/h5-11,16-19H,12-15H2,1-4H3,(H,25,27)/t18-,19-/m1/s1. The van der Waals surface area contributed by atoms with Crippen molar-refractivity contribution in [3.05, 3.63) is 54.1 Å². The Hall–Kier alpha value is -2.69. The second kappa shape index (κ2) is 9.68. The molecule has 0 aliphatic carbocycles. The van der Waals surface area contributed by atoms with Gasteiger partial charge >= 0.3 is 0 Å². The lowest BCUT2D eigenvalue weighted by atomic mass is 9.98. The van der Waals surface area contributed by atoms with E-state index in [1.54, 1.807) is 20.1 Å². The van der Waals surface area contributed by atoms with Crippen LogP contribution in [0.25, 0.3) is 0 Å². The molecule has 1 aliphatic heterocycles. The molecular formula is C24H32N2O3. The second-order valence-corrected chi connectivity index (χ2v) is 7.93. The number of piperidine rings is 1. The first kappa shape index (κ1) is 21.0. The van der Waals surface area contributed by atoms with Gasteiger partial charge in [0.1, 0.15) is 11.5 Å². The number of anilines is 1. The van der Waals surface area contributed by atoms with Gasteiger partial charge in [0.25, 0.3) is 5.91 Å². The molecule has 1 saturated heterocycles. The number of hydrogen-bond donors (Lipinski definition) is 1. The molecule has 1 aliphatic rings. The Morgan fingerprint density at radius 2 is 1.72 bits per heavy atom. The molecule has 29 heavy (non-hydrogen) atoms. The fourth-order valence-corrected chi connectivity index (χ4v) is 3.59. The molecule has 1 fully saturated rings. The van der Waals surface area contributed by atoms with Gasteiger partial charge in [0.15, 0.2) is 6.10 Å². The number of benzene rings is 2. The van der Waals surface area contributed by atoms with Crippen LogP contribution in [-0.2, 0) is 4.79 Å². The number of amides is 1. The maximum Gasteiger partial charge on any atom is 0.261 e. The highest BCUT2D eigenvalue weighted by atomic mass is 16.5. The molecule has 156 valence electrons. The summed E-state index contributed by atoms with van der Waals surface area (Å²) in [6, 6.07) is 15.7. The topological polar surface area (TPSA) is 50.8 Å². The summed E-state index contributed by atoms with van der Waals surface area (Å²) < 4.78 is 11.0. The molecular weight excluding hydrogens is 364 g/mol. The van der Waals surface area contributed by atoms with Gasteiger partial charge in [0.05, 0.1) is 13.2 Å². The van der Waals surface area contributed by atoms with E-state index in [-0.39, 0.29) is 11.9 Å². The second-order valence-electron chi connectivity index (χ2n) is 7.93. The van der Waals surface area contributed by atoms with Crippen LogP contribution < -0.4 is 19.7 Å². The Bertz CT molecular complexity index is 798. The van der Waals surface area contributed by atoms with E-state index in [0.717, 1.165) is 24.6 Å². The van der Waals surface area contributed by atoms with Crippen LogP contribution in [-0.4, -0.2) is 32.2 Å². The Kier molecular flexibility index (Phi) is 7.02. The third-order valence-electron chi connectivity index (χ3n) is 5.62. The number of ether oxygens (including phenoxy) is 2. The summed E-state index contributed by atoms with van der Waals surface area (Å²) in [4.78, 5) is 15.0. The minimum Gasteiger partial charge on any atom is -0.497 e. The zero-order valence-corrected chi connectivity index (χ0v) is 17.9. The molecule has 2 atom stereocenters. The van der Waals surface area contributed by atoms with Gasteiger partial charge in [-0.05, 0) is 62.4 Å². The summed E-state index contributed by atoms with van der Waals surface area (Å²) in [5, 5.41) is 3.04. The average molecular weight is 397 g/mol. The number of hydrogen-bond acceptors (Lipinski definition) is 4. The van der Waals surface area contributed by atoms with Crippen LogP contribution >= 0.6 is 0 Å². The van der Waals surface area contributed by atoms with Crippen LogP contribution in [0.3, 0.4) is 0 Å². The van der Waals surface area contributed by atoms with Crippen LogP contribution in [0.2, 0.25) is 0 Å². The average Bonchev–Trinajstić information content (AvgIpc) is 2.74. The number of nitrogens with one attached hydrogen (secondary N) is 1. The van der Waals surface area contributed by atoms with Crippen molar-refractivity contribution in [2.75, 3.05) is 25.1 Å². The number of nitrogens with zero attached hydrogens (tertiary/aromatic N) is 1. The maximum absolute atomic E-state index is 12.6. The van der Waals surface area contributed by atoms with E-state index in [9.17, 15) is 4.79 Å². The first-order valence-electron chi connectivity index (χ1n) is 10.4. The van der Waals surface area contributed by atoms with Crippen molar-refractivity contribution in [3.63, 3.8) is 0 Å². The number of carbonyl (C=O) groups excluding carboxylic acids is 1. The van der Waals surface area contributed by atoms with Gasteiger partial charge in [-0.2, -0.15) is 0 Å². The van der Waals surface area contributed by atoms with E-state index in [4.69, 9.17) is 9.47 Å². The van der Waals surface area contributed by atoms with E-state index in [2.05, 4.69) is 41.4 Å². The molecule has 0 unspecified atom stereocenters. The van der Waals surface area contributed by atoms with Gasteiger partial charge in [-0.25, -0.2) is 0 Å². The van der Waals surface area contributed by atoms with E-state index in [1.807, 2.05) is 25.1 Å². The van der Waals surface area contributed by atoms with Gasteiger partial charge in [-0.1, -0.05) is 25.1 Å². The number of rotatable bonds is 7. The largest absolute Gasteiger partial charge is 0.497 e. The lowest BCUT2D eigenvalue weighted by Gasteiger charge is -2.32. The highest BCUT2D eigenvalue weighted by Gasteiger charge is 2.19. The Morgan fingerprint density at radius 1 is 1.07 bits per heavy atom. The molecule has 2 aromatic rings. The first-order chi connectivity index (χ1) is 14.0. The molecule has 1 amide bonds. The van der Waals surface area contributed by atoms with E-state index in [1.165, 1.54) is 18.5 Å². The fourth-order valence-electron chi connectivity index (χ4n) is 3.59. The third-order valence-corrected chi connectivity index (χ3v) is 5.62. The predicted octanol–water partition coefficient (Wildman–Crippen LogP) is 4.58. The van der Waals surface area contributed by atoms with Gasteiger partial charge < -0.3 is 19.7 Å². The van der Waals surface area contributed by atoms with Crippen molar-refractivity contribution in [2.45, 2.75) is 45.8 Å². The molecule has 0 spiro atoms. The van der Waals surface area contributed by atoms with Crippen molar-refractivity contribution in [1.82, 2.24) is 5.32 Å². The molecule has 1 heterocycles. The minimum atomic E-state index is -0.598. The quantitative estimate of drug-likeness (QED) is 0.744. The molecule has 3 rings (SSSR count). The maximum atomic E-state index is 12.6. The van der Waals surface area contributed by atoms with Crippen LogP contribution in [0, 0.1) is 5.92 Å². The zero-order chi connectivity index (χ0) is 20.8. The molecule has 0 aromatic heterocycles. The van der Waals surface area contributed by atoms with E-state index in [0.29, 0.717) is 11.5 Å². The summed E-state index contributed by atoms with van der Waals surface area (Å²) in [5.74, 6) is 1.99. The fraction of sp³-hybridized carbons (Fsp3) is 0.458. The molecule has 1 N–H and O–H groups in total. The molecule has 5 heteroatoms. The summed E-state index contributed by atoms with van der Waals surface area (Å²) in [5.41, 5.74) is 2.34. The summed E-state index contributed by atoms with van der Waals surface area (Å²) in [6.45, 7) is 8.30. The van der Waals surface area contributed by atoms with Gasteiger partial charge in [-0.3, -0.25) is 4.79 Å². The van der Waals surface area contributed by atoms with E-state index < -0.39 is 6.10 Å². The Labute approximate surface area is 174 Å². The zero-order valence-electron chi connectivity index (χ0n) is 17.9. The minimum absolute atomic E-state index is 0.0886. The van der Waals surface area contributed by atoms with Crippen molar-refractivity contribution < 1.29 is 14.3 Å². The third kappa shape index (κ3) is 5.66. The smallest absolute Gasteiger partial charge is 0.261 e. The lowest BCUT2D eigenvalue weighted by molar-refractivity contribution is -0.127. The molecule has 0 radical (unpaired) electrons. The first-order valence-corrected chi connectivity index (χ1v) is 10.4. The highest BCUT2D eigenvalue weighted by molar-refractivity contribution is 5.81. The summed E-state index contributed by atoms with van der Waals surface area (Å²) >= 11 is 0. The van der Waals surface area contributed by atoms with Crippen molar-refractivity contribution in [1.29, 1.82) is 0 Å². The van der Waals surface area contributed by atoms with Gasteiger partial charge in [-0.15, -0.1) is 0 Å². The number of carbonyl (C=O) groups is 1. The Balaban J connectivity index is 1.54. The SMILES string of the molecule is COc1cccc(O[C@H](C)C(=O)N[C@H](C)c2ccc(N3CCC(C)CC3)cc2)c1. The lowest BCUT2D eigenvalue weighted by Crippen LogP contribution is -2.37. The molecule has 0 saturated carbocycles. The van der Waals surface area contributed by atoms with Crippen LogP contribution in [0.1, 0.15) is 45.2 Å². The monoisotopic (exact) mass is 396 g/mol. The highest BCUT2D eigenvalue weighted by Crippen LogP contribution is 2.25. The van der Waals surface area contributed by atoms with Crippen molar-refractivity contribution >= 4 is 11.6 Å². The predicted molar refractivity (Wildman–Crippen MR) is 117 cm³/mol. The molecule has 0 bridgehead atoms. The molecule has 5 nitrogen and oxygen atoms in total. The van der Waals surface area contributed by atoms with Crippen LogP contribution in [0.5, 0.6) is 11.5 Å². The summed E-state index contributed by atoms with van der Waals surface area (Å²) in [7, 11) is 1.61. The Morgan fingerprint density at radius 3 is 2.38 bits per heavy atom. The van der Waals surface area contributed by atoms with E-state index >= 15 is 0 Å². The number of methoxy groups -OCH3 is 1. The van der Waals surface area contributed by atoms with Crippen LogP contribution in [0.4, 0.5) is 5.69 Å². The van der Waals surface area contributed by atoms with Gasteiger partial charge in [0, 0.05) is 24.8 Å². The normalized spacial score (nSPS) is 16.8. The van der Waals surface area contributed by atoms with Crippen molar-refractivity contribution in [2.24, 2.45) is 5.92 Å². The summed E-state index contributed by atoms with van der Waals surface area (Å²) in [6.07, 6.45) is 1.90. The molecule has 2 aromatic carbocycles.